The average molecular weight is 324 g/mol. The fourth-order valence-electron chi connectivity index (χ4n) is 1.78. The van der Waals surface area contributed by atoms with Crippen molar-refractivity contribution in [2.75, 3.05) is 7.05 Å². The molecule has 2 nitrogen and oxygen atoms in total. The van der Waals surface area contributed by atoms with E-state index in [-0.39, 0.29) is 5.82 Å². The Labute approximate surface area is 120 Å². The zero-order valence-electron chi connectivity index (χ0n) is 10.8. The second-order valence-corrected chi connectivity index (χ2v) is 5.25. The summed E-state index contributed by atoms with van der Waals surface area (Å²) in [5.74, 6) is 0.898. The number of aryl methyl sites for hydroxylation is 1. The molecule has 19 heavy (non-hydrogen) atoms. The number of benzene rings is 2. The second-order valence-electron chi connectivity index (χ2n) is 4.34. The lowest BCUT2D eigenvalue weighted by Gasteiger charge is -2.11. The molecule has 0 radical (unpaired) electrons. The standard InChI is InChI=1S/C15H15BrFNO/c1-10-3-4-11(9-18-2)5-15(10)19-14-7-12(16)6-13(17)8-14/h3-8,18H,9H2,1-2H3. The second kappa shape index (κ2) is 6.17. The normalized spacial score (nSPS) is 10.5. The van der Waals surface area contributed by atoms with Gasteiger partial charge in [-0.3, -0.25) is 0 Å². The molecule has 0 heterocycles. The van der Waals surface area contributed by atoms with Crippen molar-refractivity contribution in [3.63, 3.8) is 0 Å². The molecule has 0 unspecified atom stereocenters. The van der Waals surface area contributed by atoms with E-state index >= 15 is 0 Å². The van der Waals surface area contributed by atoms with Crippen LogP contribution in [-0.4, -0.2) is 7.05 Å². The van der Waals surface area contributed by atoms with Gasteiger partial charge in [0.25, 0.3) is 0 Å². The van der Waals surface area contributed by atoms with E-state index in [0.717, 1.165) is 23.4 Å². The van der Waals surface area contributed by atoms with Gasteiger partial charge in [-0.25, -0.2) is 4.39 Å². The third-order valence-electron chi connectivity index (χ3n) is 2.70. The summed E-state index contributed by atoms with van der Waals surface area (Å²) in [5, 5.41) is 3.09. The summed E-state index contributed by atoms with van der Waals surface area (Å²) < 4.78 is 19.7. The molecule has 0 saturated carbocycles. The number of halogens is 2. The molecule has 0 atom stereocenters. The summed E-state index contributed by atoms with van der Waals surface area (Å²) >= 11 is 3.25. The van der Waals surface area contributed by atoms with Crippen LogP contribution in [0.1, 0.15) is 11.1 Å². The van der Waals surface area contributed by atoms with Crippen LogP contribution in [0.5, 0.6) is 11.5 Å². The van der Waals surface area contributed by atoms with Crippen LogP contribution in [0.15, 0.2) is 40.9 Å². The van der Waals surface area contributed by atoms with Gasteiger partial charge >= 0.3 is 0 Å². The van der Waals surface area contributed by atoms with E-state index in [4.69, 9.17) is 4.74 Å². The van der Waals surface area contributed by atoms with Gasteiger partial charge in [0, 0.05) is 17.1 Å². The van der Waals surface area contributed by atoms with Crippen LogP contribution in [0.25, 0.3) is 0 Å². The molecule has 1 N–H and O–H groups in total. The summed E-state index contributed by atoms with van der Waals surface area (Å²) in [7, 11) is 1.89. The smallest absolute Gasteiger partial charge is 0.131 e. The highest BCUT2D eigenvalue weighted by Gasteiger charge is 2.05. The molecule has 2 rings (SSSR count). The van der Waals surface area contributed by atoms with Gasteiger partial charge in [0.15, 0.2) is 0 Å². The Bertz CT molecular complexity index is 566. The van der Waals surface area contributed by atoms with Crippen molar-refractivity contribution in [1.29, 1.82) is 0 Å². The molecule has 0 aromatic heterocycles. The van der Waals surface area contributed by atoms with Crippen LogP contribution in [0.2, 0.25) is 0 Å². The Morgan fingerprint density at radius 3 is 2.68 bits per heavy atom. The molecular weight excluding hydrogens is 309 g/mol. The lowest BCUT2D eigenvalue weighted by Crippen LogP contribution is -2.05. The Morgan fingerprint density at radius 2 is 2.00 bits per heavy atom. The summed E-state index contributed by atoms with van der Waals surface area (Å²) in [6, 6.07) is 10.5. The quantitative estimate of drug-likeness (QED) is 0.899. The summed E-state index contributed by atoms with van der Waals surface area (Å²) in [5.41, 5.74) is 2.14. The number of nitrogens with one attached hydrogen (secondary N) is 1. The van der Waals surface area contributed by atoms with Crippen LogP contribution in [0.4, 0.5) is 4.39 Å². The van der Waals surface area contributed by atoms with Crippen molar-refractivity contribution in [3.8, 4) is 11.5 Å². The first-order valence-electron chi connectivity index (χ1n) is 5.96. The molecule has 0 amide bonds. The maximum absolute atomic E-state index is 13.3. The molecule has 0 aliphatic heterocycles. The Hall–Kier alpha value is -1.39. The zero-order chi connectivity index (χ0) is 13.8. The third kappa shape index (κ3) is 3.78. The van der Waals surface area contributed by atoms with Gasteiger partial charge in [-0.1, -0.05) is 28.1 Å². The van der Waals surface area contributed by atoms with Gasteiger partial charge < -0.3 is 10.1 Å². The minimum Gasteiger partial charge on any atom is -0.457 e. The lowest BCUT2D eigenvalue weighted by atomic mass is 10.1. The first-order valence-corrected chi connectivity index (χ1v) is 6.76. The monoisotopic (exact) mass is 323 g/mol. The van der Waals surface area contributed by atoms with E-state index in [1.54, 1.807) is 6.07 Å². The molecule has 2 aromatic carbocycles. The van der Waals surface area contributed by atoms with Crippen LogP contribution >= 0.6 is 15.9 Å². The Kier molecular flexibility index (Phi) is 4.56. The van der Waals surface area contributed by atoms with E-state index in [1.807, 2.05) is 32.2 Å². The molecular formula is C15H15BrFNO. The van der Waals surface area contributed by atoms with Crippen LogP contribution in [0, 0.1) is 12.7 Å². The number of hydrogen-bond acceptors (Lipinski definition) is 2. The molecule has 4 heteroatoms. The Balaban J connectivity index is 2.28. The van der Waals surface area contributed by atoms with Crippen molar-refractivity contribution in [3.05, 3.63) is 57.8 Å². The van der Waals surface area contributed by atoms with E-state index in [9.17, 15) is 4.39 Å². The van der Waals surface area contributed by atoms with Crippen molar-refractivity contribution < 1.29 is 9.13 Å². The lowest BCUT2D eigenvalue weighted by molar-refractivity contribution is 0.472. The Morgan fingerprint density at radius 1 is 1.21 bits per heavy atom. The van der Waals surface area contributed by atoms with Gasteiger partial charge in [0.1, 0.15) is 17.3 Å². The number of rotatable bonds is 4. The fourth-order valence-corrected chi connectivity index (χ4v) is 2.23. The van der Waals surface area contributed by atoms with Gasteiger partial charge in [-0.15, -0.1) is 0 Å². The summed E-state index contributed by atoms with van der Waals surface area (Å²) in [6.07, 6.45) is 0. The van der Waals surface area contributed by atoms with Crippen LogP contribution in [-0.2, 0) is 6.54 Å². The predicted molar refractivity (Wildman–Crippen MR) is 78.1 cm³/mol. The van der Waals surface area contributed by atoms with Gasteiger partial charge in [0.2, 0.25) is 0 Å². The maximum Gasteiger partial charge on any atom is 0.131 e. The van der Waals surface area contributed by atoms with E-state index < -0.39 is 0 Å². The minimum atomic E-state index is -0.326. The predicted octanol–water partition coefficient (Wildman–Crippen LogP) is 4.41. The van der Waals surface area contributed by atoms with Crippen molar-refractivity contribution in [2.45, 2.75) is 13.5 Å². The van der Waals surface area contributed by atoms with Crippen molar-refractivity contribution >= 4 is 15.9 Å². The molecule has 0 aliphatic rings. The summed E-state index contributed by atoms with van der Waals surface area (Å²) in [4.78, 5) is 0. The molecule has 0 spiro atoms. The molecule has 0 fully saturated rings. The third-order valence-corrected chi connectivity index (χ3v) is 3.16. The average Bonchev–Trinajstić information content (AvgIpc) is 2.32. The first-order chi connectivity index (χ1) is 9.08. The summed E-state index contributed by atoms with van der Waals surface area (Å²) in [6.45, 7) is 2.73. The maximum atomic E-state index is 13.3. The minimum absolute atomic E-state index is 0.326. The molecule has 0 aliphatic carbocycles. The fraction of sp³-hybridized carbons (Fsp3) is 0.200. The highest BCUT2D eigenvalue weighted by molar-refractivity contribution is 9.10. The topological polar surface area (TPSA) is 21.3 Å². The van der Waals surface area contributed by atoms with Gasteiger partial charge in [-0.05, 0) is 43.3 Å². The highest BCUT2D eigenvalue weighted by Crippen LogP contribution is 2.28. The highest BCUT2D eigenvalue weighted by atomic mass is 79.9. The largest absolute Gasteiger partial charge is 0.457 e. The first kappa shape index (κ1) is 14.0. The van der Waals surface area contributed by atoms with Gasteiger partial charge in [-0.2, -0.15) is 0 Å². The van der Waals surface area contributed by atoms with Crippen molar-refractivity contribution in [1.82, 2.24) is 5.32 Å². The molecule has 100 valence electrons. The number of ether oxygens (including phenoxy) is 1. The van der Waals surface area contributed by atoms with E-state index in [2.05, 4.69) is 21.2 Å². The van der Waals surface area contributed by atoms with E-state index in [1.165, 1.54) is 12.1 Å². The number of hydrogen-bond donors (Lipinski definition) is 1. The van der Waals surface area contributed by atoms with E-state index in [0.29, 0.717) is 10.2 Å². The molecule has 0 saturated heterocycles. The van der Waals surface area contributed by atoms with Crippen molar-refractivity contribution in [2.24, 2.45) is 0 Å². The SMILES string of the molecule is CNCc1ccc(C)c(Oc2cc(F)cc(Br)c2)c1. The zero-order valence-corrected chi connectivity index (χ0v) is 12.4. The van der Waals surface area contributed by atoms with Gasteiger partial charge in [0.05, 0.1) is 0 Å². The van der Waals surface area contributed by atoms with Crippen LogP contribution in [0.3, 0.4) is 0 Å². The molecule has 2 aromatic rings. The van der Waals surface area contributed by atoms with Crippen LogP contribution < -0.4 is 10.1 Å². The molecule has 0 bridgehead atoms.